The maximum atomic E-state index is 13.2. The second-order valence-electron chi connectivity index (χ2n) is 2.57. The van der Waals surface area contributed by atoms with Crippen molar-refractivity contribution in [1.82, 2.24) is 9.97 Å². The van der Waals surface area contributed by atoms with Gasteiger partial charge in [-0.3, -0.25) is 4.79 Å². The quantitative estimate of drug-likeness (QED) is 0.414. The van der Waals surface area contributed by atoms with E-state index >= 15 is 0 Å². The third-order valence-corrected chi connectivity index (χ3v) is 1.56. The first kappa shape index (κ1) is 11.2. The van der Waals surface area contributed by atoms with Gasteiger partial charge in [0.25, 0.3) is 6.17 Å². The fourth-order valence-electron chi connectivity index (χ4n) is 0.889. The molecule has 0 bridgehead atoms. The first-order chi connectivity index (χ1) is 7.16. The maximum absolute atomic E-state index is 13.2. The lowest BCUT2D eigenvalue weighted by Gasteiger charge is -2.05. The van der Waals surface area contributed by atoms with E-state index in [9.17, 15) is 14.0 Å². The fraction of sp³-hybridized carbons (Fsp3) is 0.333. The van der Waals surface area contributed by atoms with Crippen LogP contribution in [0, 0.1) is 0 Å². The molecule has 0 aliphatic carbocycles. The highest BCUT2D eigenvalue weighted by atomic mass is 19.1. The smallest absolute Gasteiger partial charge is 0.349 e. The van der Waals surface area contributed by atoms with Crippen LogP contribution in [-0.2, 0) is 9.53 Å². The Morgan fingerprint density at radius 2 is 2.33 bits per heavy atom. The number of hydrogen-bond acceptors (Lipinski definition) is 5. The SMILES string of the molecule is CCOC(=O)C(F)C(=O)c1ccncn1. The molecule has 1 unspecified atom stereocenters. The molecule has 1 atom stereocenters. The van der Waals surface area contributed by atoms with Crippen molar-refractivity contribution >= 4 is 11.8 Å². The lowest BCUT2D eigenvalue weighted by atomic mass is 10.2. The number of carbonyl (C=O) groups excluding carboxylic acids is 2. The van der Waals surface area contributed by atoms with Crippen molar-refractivity contribution in [2.24, 2.45) is 0 Å². The highest BCUT2D eigenvalue weighted by molar-refractivity contribution is 6.09. The van der Waals surface area contributed by atoms with Crippen molar-refractivity contribution in [3.05, 3.63) is 24.3 Å². The number of ether oxygens (including phenoxy) is 1. The number of Topliss-reactive ketones (excluding diaryl/α,β-unsaturated/α-hetero) is 1. The molecular weight excluding hydrogens is 203 g/mol. The Morgan fingerprint density at radius 3 is 2.87 bits per heavy atom. The summed E-state index contributed by atoms with van der Waals surface area (Å²) in [6.07, 6.45) is 0.0725. The molecule has 0 aliphatic heterocycles. The van der Waals surface area contributed by atoms with Crippen LogP contribution in [-0.4, -0.2) is 34.5 Å². The van der Waals surface area contributed by atoms with Crippen LogP contribution in [0.15, 0.2) is 18.6 Å². The van der Waals surface area contributed by atoms with E-state index in [1.165, 1.54) is 19.2 Å². The number of alkyl halides is 1. The molecule has 15 heavy (non-hydrogen) atoms. The Bertz CT molecular complexity index is 356. The summed E-state index contributed by atoms with van der Waals surface area (Å²) in [6, 6.07) is 1.23. The molecule has 0 fully saturated rings. The monoisotopic (exact) mass is 212 g/mol. The number of rotatable bonds is 4. The molecule has 80 valence electrons. The van der Waals surface area contributed by atoms with Gasteiger partial charge >= 0.3 is 5.97 Å². The minimum absolute atomic E-state index is 0.0241. The van der Waals surface area contributed by atoms with Crippen LogP contribution in [0.3, 0.4) is 0 Å². The summed E-state index contributed by atoms with van der Waals surface area (Å²) in [7, 11) is 0. The van der Waals surface area contributed by atoms with Crippen molar-refractivity contribution in [2.45, 2.75) is 13.1 Å². The zero-order valence-corrected chi connectivity index (χ0v) is 8.01. The van der Waals surface area contributed by atoms with Gasteiger partial charge in [0.1, 0.15) is 12.0 Å². The van der Waals surface area contributed by atoms with E-state index in [-0.39, 0.29) is 12.3 Å². The summed E-state index contributed by atoms with van der Waals surface area (Å²) in [5.41, 5.74) is -0.148. The van der Waals surface area contributed by atoms with Gasteiger partial charge in [0.05, 0.1) is 6.61 Å². The molecule has 6 heteroatoms. The van der Waals surface area contributed by atoms with Gasteiger partial charge in [-0.25, -0.2) is 19.2 Å². The number of aromatic nitrogens is 2. The highest BCUT2D eigenvalue weighted by Crippen LogP contribution is 2.04. The minimum atomic E-state index is -2.32. The van der Waals surface area contributed by atoms with Crippen LogP contribution >= 0.6 is 0 Å². The molecule has 0 N–H and O–H groups in total. The average Bonchev–Trinajstić information content (AvgIpc) is 2.28. The van der Waals surface area contributed by atoms with Gasteiger partial charge < -0.3 is 4.74 Å². The van der Waals surface area contributed by atoms with Crippen molar-refractivity contribution in [1.29, 1.82) is 0 Å². The summed E-state index contributed by atoms with van der Waals surface area (Å²) in [4.78, 5) is 29.3. The normalized spacial score (nSPS) is 11.9. The Hall–Kier alpha value is -1.85. The largest absolute Gasteiger partial charge is 0.463 e. The van der Waals surface area contributed by atoms with Gasteiger partial charge in [0, 0.05) is 6.20 Å². The van der Waals surface area contributed by atoms with E-state index in [1.807, 2.05) is 0 Å². The number of ketones is 1. The third kappa shape index (κ3) is 2.80. The van der Waals surface area contributed by atoms with Crippen LogP contribution in [0.1, 0.15) is 17.4 Å². The molecule has 0 aliphatic rings. The van der Waals surface area contributed by atoms with Gasteiger partial charge in [-0.2, -0.15) is 0 Å². The zero-order chi connectivity index (χ0) is 11.3. The molecule has 1 aromatic heterocycles. The van der Waals surface area contributed by atoms with Gasteiger partial charge in [0.15, 0.2) is 0 Å². The Morgan fingerprint density at radius 1 is 1.60 bits per heavy atom. The Balaban J connectivity index is 2.73. The second-order valence-corrected chi connectivity index (χ2v) is 2.57. The lowest BCUT2D eigenvalue weighted by molar-refractivity contribution is -0.147. The van der Waals surface area contributed by atoms with E-state index in [4.69, 9.17) is 0 Å². The van der Waals surface area contributed by atoms with Crippen molar-refractivity contribution in [2.75, 3.05) is 6.61 Å². The van der Waals surface area contributed by atoms with Crippen LogP contribution < -0.4 is 0 Å². The first-order valence-corrected chi connectivity index (χ1v) is 4.27. The molecule has 0 radical (unpaired) electrons. The van der Waals surface area contributed by atoms with Crippen LogP contribution in [0.4, 0.5) is 4.39 Å². The molecule has 0 spiro atoms. The molecule has 1 rings (SSSR count). The van der Waals surface area contributed by atoms with E-state index in [0.717, 1.165) is 6.33 Å². The fourth-order valence-corrected chi connectivity index (χ4v) is 0.889. The summed E-state index contributed by atoms with van der Waals surface area (Å²) >= 11 is 0. The number of halogens is 1. The van der Waals surface area contributed by atoms with E-state index in [2.05, 4.69) is 14.7 Å². The summed E-state index contributed by atoms with van der Waals surface area (Å²) in [5.74, 6) is -2.21. The molecule has 5 nitrogen and oxygen atoms in total. The Labute approximate surface area is 85.3 Å². The average molecular weight is 212 g/mol. The van der Waals surface area contributed by atoms with Crippen molar-refractivity contribution in [3.63, 3.8) is 0 Å². The predicted octanol–water partition coefficient (Wildman–Crippen LogP) is 0.560. The molecule has 1 heterocycles. The van der Waals surface area contributed by atoms with Gasteiger partial charge in [-0.15, -0.1) is 0 Å². The van der Waals surface area contributed by atoms with Crippen LogP contribution in [0.5, 0.6) is 0 Å². The first-order valence-electron chi connectivity index (χ1n) is 4.27. The zero-order valence-electron chi connectivity index (χ0n) is 8.01. The van der Waals surface area contributed by atoms with Gasteiger partial charge in [-0.1, -0.05) is 0 Å². The van der Waals surface area contributed by atoms with E-state index in [0.29, 0.717) is 0 Å². The number of esters is 1. The number of nitrogens with zero attached hydrogens (tertiary/aromatic N) is 2. The van der Waals surface area contributed by atoms with Gasteiger partial charge in [-0.05, 0) is 13.0 Å². The summed E-state index contributed by atoms with van der Waals surface area (Å²) in [6.45, 7) is 1.55. The predicted molar refractivity (Wildman–Crippen MR) is 47.9 cm³/mol. The second kappa shape index (κ2) is 5.14. The molecule has 0 aromatic carbocycles. The number of hydrogen-bond donors (Lipinski definition) is 0. The molecule has 0 saturated heterocycles. The maximum Gasteiger partial charge on any atom is 0.349 e. The number of carbonyl (C=O) groups is 2. The van der Waals surface area contributed by atoms with Crippen molar-refractivity contribution < 1.29 is 18.7 Å². The molecule has 1 aromatic rings. The lowest BCUT2D eigenvalue weighted by Crippen LogP contribution is -2.28. The molecule has 0 saturated carbocycles. The van der Waals surface area contributed by atoms with Crippen LogP contribution in [0.25, 0.3) is 0 Å². The van der Waals surface area contributed by atoms with E-state index in [1.54, 1.807) is 0 Å². The summed E-state index contributed by atoms with van der Waals surface area (Å²) in [5, 5.41) is 0. The van der Waals surface area contributed by atoms with Crippen LogP contribution in [0.2, 0.25) is 0 Å². The van der Waals surface area contributed by atoms with Crippen molar-refractivity contribution in [3.8, 4) is 0 Å². The minimum Gasteiger partial charge on any atom is -0.463 e. The summed E-state index contributed by atoms with van der Waals surface area (Å²) < 4.78 is 17.5. The Kier molecular flexibility index (Phi) is 3.84. The highest BCUT2D eigenvalue weighted by Gasteiger charge is 2.29. The standard InChI is InChI=1S/C9H9FN2O3/c1-2-15-9(14)7(10)8(13)6-3-4-11-5-12-6/h3-5,7H,2H2,1H3. The van der Waals surface area contributed by atoms with E-state index < -0.39 is 17.9 Å². The third-order valence-electron chi connectivity index (χ3n) is 1.56. The van der Waals surface area contributed by atoms with Gasteiger partial charge in [0.2, 0.25) is 5.78 Å². The molecule has 0 amide bonds. The molecular formula is C9H9FN2O3. The topological polar surface area (TPSA) is 69.2 Å².